The highest BCUT2D eigenvalue weighted by Crippen LogP contribution is 2.27. The molecule has 1 aliphatic heterocycles. The zero-order valence-electron chi connectivity index (χ0n) is 12.7. The summed E-state index contributed by atoms with van der Waals surface area (Å²) >= 11 is 5.94. The third-order valence-corrected chi connectivity index (χ3v) is 6.03. The van der Waals surface area contributed by atoms with Gasteiger partial charge in [0.2, 0.25) is 10.0 Å². The number of hydrogen-bond acceptors (Lipinski definition) is 4. The minimum Gasteiger partial charge on any atom is -0.480 e. The first kappa shape index (κ1) is 17.7. The zero-order chi connectivity index (χ0) is 17.4. The molecule has 1 heterocycles. The van der Waals surface area contributed by atoms with Crippen molar-refractivity contribution in [2.45, 2.75) is 23.8 Å². The summed E-state index contributed by atoms with van der Waals surface area (Å²) in [6.07, 6.45) is 0.983. The molecule has 1 aliphatic rings. The van der Waals surface area contributed by atoms with Crippen molar-refractivity contribution in [2.75, 3.05) is 20.6 Å². The zero-order valence-corrected chi connectivity index (χ0v) is 14.3. The molecule has 0 aromatic heterocycles. The number of carbonyl (C=O) groups is 2. The van der Waals surface area contributed by atoms with Crippen molar-refractivity contribution in [3.8, 4) is 0 Å². The standard InChI is InChI=1S/C14H17ClN2O5S/c1-16(2)23(21,22)12-8-9(5-6-10(12)15)13(18)17-7-3-4-11(17)14(19)20/h5-6,8,11H,3-4,7H2,1-2H3,(H,19,20)/t11-/m0/s1. The van der Waals surface area contributed by atoms with Gasteiger partial charge in [-0.1, -0.05) is 11.6 Å². The minimum atomic E-state index is -3.80. The van der Waals surface area contributed by atoms with Crippen LogP contribution in [0.2, 0.25) is 5.02 Å². The Labute approximate surface area is 139 Å². The summed E-state index contributed by atoms with van der Waals surface area (Å²) in [4.78, 5) is 24.8. The van der Waals surface area contributed by atoms with E-state index < -0.39 is 27.9 Å². The second-order valence-electron chi connectivity index (χ2n) is 5.43. The fourth-order valence-electron chi connectivity index (χ4n) is 2.46. The molecule has 7 nitrogen and oxygen atoms in total. The largest absolute Gasteiger partial charge is 0.480 e. The van der Waals surface area contributed by atoms with Crippen LogP contribution < -0.4 is 0 Å². The first-order valence-electron chi connectivity index (χ1n) is 6.92. The van der Waals surface area contributed by atoms with Gasteiger partial charge in [0.1, 0.15) is 10.9 Å². The van der Waals surface area contributed by atoms with Gasteiger partial charge in [0.15, 0.2) is 0 Å². The Morgan fingerprint density at radius 2 is 2.00 bits per heavy atom. The molecule has 23 heavy (non-hydrogen) atoms. The van der Waals surface area contributed by atoms with E-state index in [1.54, 1.807) is 0 Å². The number of rotatable bonds is 4. The van der Waals surface area contributed by atoms with Crippen LogP contribution >= 0.6 is 11.6 Å². The summed E-state index contributed by atoms with van der Waals surface area (Å²) in [6, 6.07) is 3.04. The van der Waals surface area contributed by atoms with E-state index in [-0.39, 0.29) is 15.5 Å². The molecule has 1 saturated heterocycles. The van der Waals surface area contributed by atoms with E-state index in [9.17, 15) is 18.0 Å². The first-order valence-corrected chi connectivity index (χ1v) is 8.74. The molecule has 0 radical (unpaired) electrons. The second-order valence-corrected chi connectivity index (χ2v) is 7.95. The van der Waals surface area contributed by atoms with Gasteiger partial charge in [-0.25, -0.2) is 17.5 Å². The summed E-state index contributed by atoms with van der Waals surface area (Å²) in [6.45, 7) is 0.328. The van der Waals surface area contributed by atoms with Gasteiger partial charge in [-0.05, 0) is 31.0 Å². The molecule has 0 bridgehead atoms. The molecule has 126 valence electrons. The van der Waals surface area contributed by atoms with E-state index >= 15 is 0 Å². The number of carbonyl (C=O) groups excluding carboxylic acids is 1. The first-order chi connectivity index (χ1) is 10.7. The molecular formula is C14H17ClN2O5S. The molecule has 9 heteroatoms. The van der Waals surface area contributed by atoms with Gasteiger partial charge in [0.05, 0.1) is 5.02 Å². The average molecular weight is 361 g/mol. The van der Waals surface area contributed by atoms with E-state index in [0.717, 1.165) is 4.31 Å². The Kier molecular flexibility index (Phi) is 4.98. The van der Waals surface area contributed by atoms with Crippen LogP contribution in [-0.4, -0.2) is 61.3 Å². The monoisotopic (exact) mass is 360 g/mol. The highest BCUT2D eigenvalue weighted by Gasteiger charge is 2.35. The Balaban J connectivity index is 2.42. The number of benzene rings is 1. The number of aliphatic carboxylic acids is 1. The lowest BCUT2D eigenvalue weighted by Crippen LogP contribution is -2.40. The van der Waals surface area contributed by atoms with Crippen molar-refractivity contribution in [3.63, 3.8) is 0 Å². The van der Waals surface area contributed by atoms with Crippen LogP contribution in [0.5, 0.6) is 0 Å². The van der Waals surface area contributed by atoms with E-state index in [0.29, 0.717) is 19.4 Å². The maximum atomic E-state index is 12.5. The van der Waals surface area contributed by atoms with Crippen molar-refractivity contribution >= 4 is 33.5 Å². The molecule has 1 amide bonds. The van der Waals surface area contributed by atoms with Crippen LogP contribution in [-0.2, 0) is 14.8 Å². The van der Waals surface area contributed by atoms with Gasteiger partial charge < -0.3 is 10.0 Å². The summed E-state index contributed by atoms with van der Waals surface area (Å²) in [5.74, 6) is -1.58. The number of nitrogens with zero attached hydrogens (tertiary/aromatic N) is 2. The molecule has 1 fully saturated rings. The number of sulfonamides is 1. The smallest absolute Gasteiger partial charge is 0.326 e. The number of carboxylic acids is 1. The summed E-state index contributed by atoms with van der Waals surface area (Å²) in [5, 5.41) is 9.17. The van der Waals surface area contributed by atoms with E-state index in [4.69, 9.17) is 16.7 Å². The van der Waals surface area contributed by atoms with Crippen LogP contribution in [0.1, 0.15) is 23.2 Å². The topological polar surface area (TPSA) is 95.0 Å². The number of likely N-dealkylation sites (tertiary alicyclic amines) is 1. The molecule has 2 rings (SSSR count). The lowest BCUT2D eigenvalue weighted by atomic mass is 10.1. The van der Waals surface area contributed by atoms with E-state index in [2.05, 4.69) is 0 Å². The van der Waals surface area contributed by atoms with Crippen molar-refractivity contribution in [1.82, 2.24) is 9.21 Å². The fraction of sp³-hybridized carbons (Fsp3) is 0.429. The van der Waals surface area contributed by atoms with Crippen LogP contribution in [0, 0.1) is 0 Å². The van der Waals surface area contributed by atoms with Crippen molar-refractivity contribution < 1.29 is 23.1 Å². The summed E-state index contributed by atoms with van der Waals surface area (Å²) in [7, 11) is -1.08. The van der Waals surface area contributed by atoms with Crippen molar-refractivity contribution in [3.05, 3.63) is 28.8 Å². The molecule has 0 saturated carbocycles. The Morgan fingerprint density at radius 1 is 1.35 bits per heavy atom. The van der Waals surface area contributed by atoms with Crippen LogP contribution in [0.25, 0.3) is 0 Å². The number of hydrogen-bond donors (Lipinski definition) is 1. The molecule has 1 N–H and O–H groups in total. The molecule has 1 aromatic rings. The van der Waals surface area contributed by atoms with Gasteiger partial charge in [-0.2, -0.15) is 0 Å². The predicted molar refractivity (Wildman–Crippen MR) is 84.0 cm³/mol. The Bertz CT molecular complexity index is 748. The molecule has 0 unspecified atom stereocenters. The third-order valence-electron chi connectivity index (χ3n) is 3.74. The summed E-state index contributed by atoms with van der Waals surface area (Å²) in [5.41, 5.74) is 0.1000. The predicted octanol–water partition coefficient (Wildman–Crippen LogP) is 1.28. The fourth-order valence-corrected chi connectivity index (χ4v) is 3.86. The minimum absolute atomic E-state index is 0.00598. The van der Waals surface area contributed by atoms with E-state index in [1.807, 2.05) is 0 Å². The van der Waals surface area contributed by atoms with Gasteiger partial charge in [-0.3, -0.25) is 4.79 Å². The van der Waals surface area contributed by atoms with Crippen molar-refractivity contribution in [2.24, 2.45) is 0 Å². The van der Waals surface area contributed by atoms with Gasteiger partial charge in [-0.15, -0.1) is 0 Å². The Hall–Kier alpha value is -1.64. The van der Waals surface area contributed by atoms with Crippen LogP contribution in [0.15, 0.2) is 23.1 Å². The Morgan fingerprint density at radius 3 is 2.57 bits per heavy atom. The van der Waals surface area contributed by atoms with Gasteiger partial charge in [0, 0.05) is 26.2 Å². The summed E-state index contributed by atoms with van der Waals surface area (Å²) < 4.78 is 25.5. The normalized spacial score (nSPS) is 18.4. The second kappa shape index (κ2) is 6.46. The van der Waals surface area contributed by atoms with Crippen LogP contribution in [0.3, 0.4) is 0 Å². The lowest BCUT2D eigenvalue weighted by Gasteiger charge is -2.22. The molecule has 1 atom stereocenters. The SMILES string of the molecule is CN(C)S(=O)(=O)c1cc(C(=O)N2CCC[C@H]2C(=O)O)ccc1Cl. The average Bonchev–Trinajstić information content (AvgIpc) is 2.96. The highest BCUT2D eigenvalue weighted by atomic mass is 35.5. The number of carboxylic acid groups (broad SMARTS) is 1. The van der Waals surface area contributed by atoms with Gasteiger partial charge >= 0.3 is 5.97 Å². The highest BCUT2D eigenvalue weighted by molar-refractivity contribution is 7.89. The van der Waals surface area contributed by atoms with Crippen LogP contribution in [0.4, 0.5) is 0 Å². The van der Waals surface area contributed by atoms with Crippen molar-refractivity contribution in [1.29, 1.82) is 0 Å². The number of halogens is 1. The molecule has 0 spiro atoms. The molecular weight excluding hydrogens is 344 g/mol. The van der Waals surface area contributed by atoms with Gasteiger partial charge in [0.25, 0.3) is 5.91 Å². The molecule has 1 aromatic carbocycles. The lowest BCUT2D eigenvalue weighted by molar-refractivity contribution is -0.141. The quantitative estimate of drug-likeness (QED) is 0.872. The third kappa shape index (κ3) is 3.34. The molecule has 0 aliphatic carbocycles. The maximum absolute atomic E-state index is 12.5. The maximum Gasteiger partial charge on any atom is 0.326 e. The van der Waals surface area contributed by atoms with E-state index in [1.165, 1.54) is 37.2 Å². The number of amides is 1.